The van der Waals surface area contributed by atoms with Gasteiger partial charge in [0.2, 0.25) is 0 Å². The van der Waals surface area contributed by atoms with Gasteiger partial charge in [-0.1, -0.05) is 120 Å². The van der Waals surface area contributed by atoms with E-state index in [-0.39, 0.29) is 10.8 Å². The summed E-state index contributed by atoms with van der Waals surface area (Å²) in [6.45, 7) is 13.8. The molecule has 48 heavy (non-hydrogen) atoms. The van der Waals surface area contributed by atoms with Crippen LogP contribution in [0.2, 0.25) is 0 Å². The molecule has 0 atom stereocenters. The fraction of sp³-hybridized carbons (Fsp3) is 0.217. The Balaban J connectivity index is 1.38. The van der Waals surface area contributed by atoms with Crippen LogP contribution in [0.15, 0.2) is 127 Å². The molecule has 2 heterocycles. The molecule has 0 amide bonds. The number of para-hydroxylation sites is 1. The summed E-state index contributed by atoms with van der Waals surface area (Å²) in [7, 11) is 0. The van der Waals surface area contributed by atoms with Crippen molar-refractivity contribution in [3.8, 4) is 5.69 Å². The molecule has 0 fully saturated rings. The predicted octanol–water partition coefficient (Wildman–Crippen LogP) is 11.7. The lowest BCUT2D eigenvalue weighted by atomic mass is 9.58. The molecule has 1 aliphatic heterocycles. The number of fused-ring (bicyclic) bond motifs is 11. The summed E-state index contributed by atoms with van der Waals surface area (Å²) in [6.07, 6.45) is 0.942. The van der Waals surface area contributed by atoms with Crippen LogP contribution in [0.5, 0.6) is 0 Å². The maximum absolute atomic E-state index is 3.86. The third-order valence-corrected chi connectivity index (χ3v) is 11.0. The first-order valence-electron chi connectivity index (χ1n) is 17.3. The maximum Gasteiger partial charge on any atom is 0.0748 e. The highest BCUT2D eigenvalue weighted by atomic mass is 15.0. The molecule has 7 aromatic rings. The van der Waals surface area contributed by atoms with Gasteiger partial charge in [0, 0.05) is 27.8 Å². The van der Waals surface area contributed by atoms with Gasteiger partial charge in [0.05, 0.1) is 16.4 Å². The monoisotopic (exact) mass is 622 g/mol. The number of hydrogen-bond acceptors (Lipinski definition) is 1. The molecule has 2 nitrogen and oxygen atoms in total. The summed E-state index contributed by atoms with van der Waals surface area (Å²) in [5.74, 6) is 0. The van der Waals surface area contributed by atoms with Gasteiger partial charge in [0.1, 0.15) is 0 Å². The number of anilines is 2. The average molecular weight is 623 g/mol. The number of nitrogens with one attached hydrogen (secondary N) is 1. The molecule has 2 heteroatoms. The van der Waals surface area contributed by atoms with Crippen LogP contribution in [0.25, 0.3) is 27.5 Å². The van der Waals surface area contributed by atoms with E-state index in [9.17, 15) is 0 Å². The van der Waals surface area contributed by atoms with E-state index in [1.807, 2.05) is 0 Å². The van der Waals surface area contributed by atoms with E-state index in [4.69, 9.17) is 0 Å². The Kier molecular flexibility index (Phi) is 6.04. The molecule has 0 saturated heterocycles. The molecule has 0 radical (unpaired) electrons. The zero-order chi connectivity index (χ0) is 33.0. The normalized spacial score (nSPS) is 14.7. The molecule has 1 aliphatic carbocycles. The molecule has 2 aliphatic rings. The first-order valence-corrected chi connectivity index (χ1v) is 17.3. The zero-order valence-corrected chi connectivity index (χ0v) is 28.8. The number of aromatic nitrogens is 1. The van der Waals surface area contributed by atoms with E-state index in [1.54, 1.807) is 0 Å². The van der Waals surface area contributed by atoms with Crippen molar-refractivity contribution in [3.05, 3.63) is 172 Å². The van der Waals surface area contributed by atoms with E-state index in [0.29, 0.717) is 0 Å². The van der Waals surface area contributed by atoms with Crippen LogP contribution in [0.3, 0.4) is 0 Å². The van der Waals surface area contributed by atoms with Crippen molar-refractivity contribution in [1.82, 2.24) is 4.57 Å². The fourth-order valence-electron chi connectivity index (χ4n) is 8.55. The van der Waals surface area contributed by atoms with Crippen molar-refractivity contribution >= 4 is 33.2 Å². The Labute approximate surface area is 284 Å². The topological polar surface area (TPSA) is 17.0 Å². The van der Waals surface area contributed by atoms with Crippen molar-refractivity contribution in [3.63, 3.8) is 0 Å². The zero-order valence-electron chi connectivity index (χ0n) is 28.8. The summed E-state index contributed by atoms with van der Waals surface area (Å²) < 4.78 is 2.50. The van der Waals surface area contributed by atoms with Gasteiger partial charge in [-0.2, -0.15) is 0 Å². The first-order chi connectivity index (χ1) is 23.0. The van der Waals surface area contributed by atoms with Crippen LogP contribution in [-0.4, -0.2) is 4.57 Å². The van der Waals surface area contributed by atoms with Crippen LogP contribution >= 0.6 is 0 Å². The third-order valence-electron chi connectivity index (χ3n) is 11.0. The van der Waals surface area contributed by atoms with Crippen molar-refractivity contribution in [2.75, 3.05) is 5.32 Å². The number of rotatable bonds is 1. The van der Waals surface area contributed by atoms with Gasteiger partial charge < -0.3 is 9.88 Å². The van der Waals surface area contributed by atoms with Gasteiger partial charge in [0.15, 0.2) is 0 Å². The molecular weight excluding hydrogens is 581 g/mol. The quantitative estimate of drug-likeness (QED) is 0.193. The van der Waals surface area contributed by atoms with Crippen LogP contribution < -0.4 is 5.32 Å². The van der Waals surface area contributed by atoms with E-state index < -0.39 is 5.41 Å². The summed E-state index contributed by atoms with van der Waals surface area (Å²) in [5.41, 5.74) is 16.5. The van der Waals surface area contributed by atoms with Gasteiger partial charge in [-0.15, -0.1) is 0 Å². The second-order valence-electron chi connectivity index (χ2n) is 15.9. The Bertz CT molecular complexity index is 2250. The minimum atomic E-state index is -0.448. The van der Waals surface area contributed by atoms with Gasteiger partial charge in [-0.25, -0.2) is 0 Å². The molecule has 236 valence electrons. The van der Waals surface area contributed by atoms with Crippen LogP contribution in [0.4, 0.5) is 11.4 Å². The van der Waals surface area contributed by atoms with E-state index in [1.165, 1.54) is 77.7 Å². The average Bonchev–Trinajstić information content (AvgIpc) is 3.40. The molecule has 9 rings (SSSR count). The van der Waals surface area contributed by atoms with Crippen LogP contribution in [0, 0.1) is 0 Å². The second-order valence-corrected chi connectivity index (χ2v) is 15.9. The smallest absolute Gasteiger partial charge is 0.0748 e. The van der Waals surface area contributed by atoms with Crippen LogP contribution in [0.1, 0.15) is 86.1 Å². The molecule has 1 aromatic heterocycles. The molecule has 1 N–H and O–H groups in total. The molecule has 0 saturated carbocycles. The molecule has 0 bridgehead atoms. The number of nitrogens with zero attached hydrogens (tertiary/aromatic N) is 1. The van der Waals surface area contributed by atoms with Crippen molar-refractivity contribution in [2.45, 2.75) is 64.2 Å². The Morgan fingerprint density at radius 1 is 0.500 bits per heavy atom. The second kappa shape index (κ2) is 9.97. The highest BCUT2D eigenvalue weighted by Gasteiger charge is 2.48. The predicted molar refractivity (Wildman–Crippen MR) is 203 cm³/mol. The largest absolute Gasteiger partial charge is 0.355 e. The first kappa shape index (κ1) is 29.1. The van der Waals surface area contributed by atoms with E-state index >= 15 is 0 Å². The number of hydrogen-bond donors (Lipinski definition) is 1. The summed E-state index contributed by atoms with van der Waals surface area (Å²) in [6, 6.07) is 48.4. The van der Waals surface area contributed by atoms with Gasteiger partial charge >= 0.3 is 0 Å². The van der Waals surface area contributed by atoms with Gasteiger partial charge in [-0.05, 0) is 110 Å². The molecule has 1 spiro atoms. The minimum absolute atomic E-state index is 0.0588. The number of benzene rings is 6. The lowest BCUT2D eigenvalue weighted by Gasteiger charge is -2.46. The van der Waals surface area contributed by atoms with Crippen molar-refractivity contribution in [1.29, 1.82) is 0 Å². The Morgan fingerprint density at radius 2 is 1.00 bits per heavy atom. The maximum atomic E-state index is 3.86. The van der Waals surface area contributed by atoms with E-state index in [0.717, 1.165) is 12.1 Å². The van der Waals surface area contributed by atoms with Crippen molar-refractivity contribution < 1.29 is 0 Å². The van der Waals surface area contributed by atoms with Crippen LogP contribution in [-0.2, 0) is 22.7 Å². The molecule has 0 unspecified atom stereocenters. The molecule has 6 aromatic carbocycles. The Morgan fingerprint density at radius 3 is 1.56 bits per heavy atom. The summed E-state index contributed by atoms with van der Waals surface area (Å²) in [5, 5.41) is 6.48. The molecular formula is C46H42N2. The Hall–Kier alpha value is -5.08. The van der Waals surface area contributed by atoms with Gasteiger partial charge in [0.25, 0.3) is 0 Å². The van der Waals surface area contributed by atoms with Gasteiger partial charge in [-0.3, -0.25) is 0 Å². The third kappa shape index (κ3) is 4.05. The highest BCUT2D eigenvalue weighted by molar-refractivity contribution is 6.10. The lowest BCUT2D eigenvalue weighted by molar-refractivity contribution is 0.590. The van der Waals surface area contributed by atoms with Crippen molar-refractivity contribution in [2.24, 2.45) is 0 Å². The summed E-state index contributed by atoms with van der Waals surface area (Å²) >= 11 is 0. The highest BCUT2D eigenvalue weighted by Crippen LogP contribution is 2.57. The summed E-state index contributed by atoms with van der Waals surface area (Å²) in [4.78, 5) is 0. The van der Waals surface area contributed by atoms with E-state index in [2.05, 4.69) is 179 Å². The SMILES string of the molecule is CC(C)(C)c1ccc2c(c1)c1cc(C(C)(C)C)ccc1n2-c1ccc2c(c1)C1(c3ccccc3Cc3ccccc31)c1ccccc1N2. The minimum Gasteiger partial charge on any atom is -0.355 e. The standard InChI is InChI=1S/C46H42N2/c1-44(2,3)31-19-23-42-34(26-31)35-27-32(45(4,5)6)20-24-43(35)48(42)33-21-22-41-39(28-33)46(38-17-11-12-18-40(38)47-41)36-15-9-7-13-29(36)25-30-14-8-10-16-37(30)46/h7-24,26-28,47H,25H2,1-6H3. The fourth-order valence-corrected chi connectivity index (χ4v) is 8.55. The lowest BCUT2D eigenvalue weighted by Crippen LogP contribution is -2.39.